The quantitative estimate of drug-likeness (QED) is 0.932. The van der Waals surface area contributed by atoms with E-state index in [-0.39, 0.29) is 17.0 Å². The van der Waals surface area contributed by atoms with E-state index in [0.29, 0.717) is 4.90 Å². The largest absolute Gasteiger partial charge is 0.478 e. The fourth-order valence-corrected chi connectivity index (χ4v) is 3.18. The van der Waals surface area contributed by atoms with E-state index in [2.05, 4.69) is 9.97 Å². The minimum absolute atomic E-state index is 0.00869. The minimum atomic E-state index is -1.33. The van der Waals surface area contributed by atoms with Gasteiger partial charge < -0.3 is 5.11 Å². The number of carboxylic acid groups (broad SMARTS) is 1. The molecule has 1 aromatic heterocycles. The van der Waals surface area contributed by atoms with Crippen LogP contribution in [-0.4, -0.2) is 25.3 Å². The maximum absolute atomic E-state index is 12.4. The van der Waals surface area contributed by atoms with Crippen LogP contribution in [0.15, 0.2) is 35.6 Å². The van der Waals surface area contributed by atoms with Crippen molar-refractivity contribution in [3.8, 4) is 0 Å². The molecule has 1 unspecified atom stereocenters. The monoisotopic (exact) mass is 290 g/mol. The lowest BCUT2D eigenvalue weighted by molar-refractivity contribution is 0.0695. The van der Waals surface area contributed by atoms with Crippen LogP contribution in [0.5, 0.6) is 0 Å². The molecule has 5 nitrogen and oxygen atoms in total. The number of hydrogen-bond donors (Lipinski definition) is 1. The lowest BCUT2D eigenvalue weighted by atomic mass is 10.2. The summed E-state index contributed by atoms with van der Waals surface area (Å²) < 4.78 is 12.4. The molecule has 0 radical (unpaired) electrons. The van der Waals surface area contributed by atoms with Crippen molar-refractivity contribution < 1.29 is 14.1 Å². The number of benzene rings is 1. The number of aromatic carboxylic acids is 1. The Kier molecular flexibility index (Phi) is 4.24. The highest BCUT2D eigenvalue weighted by atomic mass is 32.2. The fourth-order valence-electron chi connectivity index (χ4n) is 1.91. The summed E-state index contributed by atoms with van der Waals surface area (Å²) in [5.41, 5.74) is 2.29. The molecule has 1 N–H and O–H groups in total. The van der Waals surface area contributed by atoms with Crippen LogP contribution in [0.4, 0.5) is 0 Å². The molecule has 104 valence electrons. The third-order valence-corrected chi connectivity index (χ3v) is 4.35. The summed E-state index contributed by atoms with van der Waals surface area (Å²) in [6, 6.07) is 5.64. The van der Waals surface area contributed by atoms with E-state index in [9.17, 15) is 9.00 Å². The number of rotatable bonds is 4. The Morgan fingerprint density at radius 1 is 1.35 bits per heavy atom. The molecule has 2 aromatic rings. The molecule has 0 aliphatic rings. The summed E-state index contributed by atoms with van der Waals surface area (Å²) in [6.07, 6.45) is 2.49. The molecule has 0 fully saturated rings. The molecule has 0 saturated carbocycles. The summed E-state index contributed by atoms with van der Waals surface area (Å²) >= 11 is 0. The first-order valence-corrected chi connectivity index (χ1v) is 7.28. The smallest absolute Gasteiger partial charge is 0.339 e. The number of hydrogen-bond acceptors (Lipinski definition) is 4. The van der Waals surface area contributed by atoms with E-state index in [1.54, 1.807) is 0 Å². The molecule has 0 bridgehead atoms. The van der Waals surface area contributed by atoms with Crippen LogP contribution in [0, 0.1) is 13.8 Å². The van der Waals surface area contributed by atoms with Gasteiger partial charge in [-0.3, -0.25) is 4.21 Å². The van der Waals surface area contributed by atoms with Gasteiger partial charge in [-0.1, -0.05) is 17.7 Å². The normalized spacial score (nSPS) is 12.1. The first kappa shape index (κ1) is 14.3. The van der Waals surface area contributed by atoms with Crippen molar-refractivity contribution in [3.05, 3.63) is 53.1 Å². The average molecular weight is 290 g/mol. The predicted octanol–water partition coefficient (Wildman–Crippen LogP) is 2.10. The van der Waals surface area contributed by atoms with Crippen molar-refractivity contribution in [1.82, 2.24) is 9.97 Å². The van der Waals surface area contributed by atoms with E-state index in [1.807, 2.05) is 32.0 Å². The van der Waals surface area contributed by atoms with Crippen LogP contribution >= 0.6 is 0 Å². The van der Waals surface area contributed by atoms with Crippen LogP contribution in [-0.2, 0) is 16.6 Å². The standard InChI is InChI=1S/C14H14N2O3S/c1-9-3-4-13(10(2)5-9)20(19)7-12-11(14(17)18)6-15-8-16-12/h3-6,8H,7H2,1-2H3,(H,17,18). The van der Waals surface area contributed by atoms with Gasteiger partial charge in [0, 0.05) is 11.1 Å². The Hall–Kier alpha value is -2.08. The number of nitrogens with zero attached hydrogens (tertiary/aromatic N) is 2. The molecule has 0 saturated heterocycles. The summed E-state index contributed by atoms with van der Waals surface area (Å²) in [5, 5.41) is 9.06. The highest BCUT2D eigenvalue weighted by Crippen LogP contribution is 2.18. The molecule has 0 spiro atoms. The van der Waals surface area contributed by atoms with Crippen molar-refractivity contribution in [2.45, 2.75) is 24.5 Å². The van der Waals surface area contributed by atoms with Crippen LogP contribution in [0.3, 0.4) is 0 Å². The fraction of sp³-hybridized carbons (Fsp3) is 0.214. The van der Waals surface area contributed by atoms with Gasteiger partial charge >= 0.3 is 5.97 Å². The third kappa shape index (κ3) is 3.08. The molecule has 0 aliphatic heterocycles. The first-order valence-electron chi connectivity index (χ1n) is 5.97. The zero-order chi connectivity index (χ0) is 14.7. The van der Waals surface area contributed by atoms with Crippen molar-refractivity contribution in [3.63, 3.8) is 0 Å². The van der Waals surface area contributed by atoms with Crippen LogP contribution in [0.1, 0.15) is 27.2 Å². The van der Waals surface area contributed by atoms with Gasteiger partial charge in [0.25, 0.3) is 0 Å². The maximum atomic E-state index is 12.4. The molecule has 0 aliphatic carbocycles. The SMILES string of the molecule is Cc1ccc(S(=O)Cc2ncncc2C(=O)O)c(C)c1. The van der Waals surface area contributed by atoms with Gasteiger partial charge in [-0.05, 0) is 25.5 Å². The minimum Gasteiger partial charge on any atom is -0.478 e. The Morgan fingerprint density at radius 3 is 2.75 bits per heavy atom. The third-order valence-electron chi connectivity index (χ3n) is 2.87. The van der Waals surface area contributed by atoms with Gasteiger partial charge in [-0.2, -0.15) is 0 Å². The highest BCUT2D eigenvalue weighted by molar-refractivity contribution is 7.84. The number of aryl methyl sites for hydroxylation is 2. The Labute approximate surface area is 119 Å². The predicted molar refractivity (Wildman–Crippen MR) is 75.0 cm³/mol. The molecular weight excluding hydrogens is 276 g/mol. The Morgan fingerprint density at radius 2 is 2.10 bits per heavy atom. The Bertz CT molecular complexity index is 686. The van der Waals surface area contributed by atoms with Crippen LogP contribution in [0.2, 0.25) is 0 Å². The van der Waals surface area contributed by atoms with Gasteiger partial charge in [0.15, 0.2) is 0 Å². The molecule has 1 aromatic carbocycles. The van der Waals surface area contributed by atoms with E-state index < -0.39 is 16.8 Å². The lowest BCUT2D eigenvalue weighted by Crippen LogP contribution is -2.09. The van der Waals surface area contributed by atoms with Crippen LogP contribution in [0.25, 0.3) is 0 Å². The van der Waals surface area contributed by atoms with E-state index >= 15 is 0 Å². The highest BCUT2D eigenvalue weighted by Gasteiger charge is 2.16. The molecule has 1 heterocycles. The van der Waals surface area contributed by atoms with Gasteiger partial charge in [0.05, 0.1) is 22.2 Å². The van der Waals surface area contributed by atoms with Crippen LogP contribution < -0.4 is 0 Å². The molecule has 1 atom stereocenters. The lowest BCUT2D eigenvalue weighted by Gasteiger charge is -2.08. The number of carbonyl (C=O) groups is 1. The zero-order valence-corrected chi connectivity index (χ0v) is 12.0. The summed E-state index contributed by atoms with van der Waals surface area (Å²) in [7, 11) is -1.33. The van der Waals surface area contributed by atoms with Crippen molar-refractivity contribution in [2.75, 3.05) is 0 Å². The number of aromatic nitrogens is 2. The van der Waals surface area contributed by atoms with E-state index in [0.717, 1.165) is 11.1 Å². The van der Waals surface area contributed by atoms with Crippen molar-refractivity contribution in [1.29, 1.82) is 0 Å². The second-order valence-corrected chi connectivity index (χ2v) is 5.87. The van der Waals surface area contributed by atoms with Gasteiger partial charge in [-0.15, -0.1) is 0 Å². The molecular formula is C14H14N2O3S. The van der Waals surface area contributed by atoms with Gasteiger partial charge in [0.2, 0.25) is 0 Å². The summed E-state index contributed by atoms with van der Waals surface area (Å²) in [4.78, 5) is 19.4. The second-order valence-electron chi connectivity index (χ2n) is 4.45. The van der Waals surface area contributed by atoms with E-state index in [4.69, 9.17) is 5.11 Å². The maximum Gasteiger partial charge on any atom is 0.339 e. The van der Waals surface area contributed by atoms with Crippen molar-refractivity contribution in [2.24, 2.45) is 0 Å². The molecule has 0 amide bonds. The summed E-state index contributed by atoms with van der Waals surface area (Å²) in [6.45, 7) is 3.85. The topological polar surface area (TPSA) is 80.2 Å². The van der Waals surface area contributed by atoms with Crippen molar-refractivity contribution >= 4 is 16.8 Å². The van der Waals surface area contributed by atoms with E-state index in [1.165, 1.54) is 12.5 Å². The molecule has 6 heteroatoms. The molecule has 2 rings (SSSR count). The average Bonchev–Trinajstić information content (AvgIpc) is 2.38. The van der Waals surface area contributed by atoms with Gasteiger partial charge in [-0.25, -0.2) is 14.8 Å². The number of carboxylic acids is 1. The zero-order valence-electron chi connectivity index (χ0n) is 11.2. The Balaban J connectivity index is 2.30. The summed E-state index contributed by atoms with van der Waals surface area (Å²) in [5.74, 6) is -1.05. The molecule has 20 heavy (non-hydrogen) atoms. The second kappa shape index (κ2) is 5.92. The van der Waals surface area contributed by atoms with Gasteiger partial charge in [0.1, 0.15) is 11.9 Å². The first-order chi connectivity index (χ1) is 9.49.